The Hall–Kier alpha value is -0.650. The van der Waals surface area contributed by atoms with E-state index in [1.54, 1.807) is 6.07 Å². The zero-order valence-corrected chi connectivity index (χ0v) is 7.54. The van der Waals surface area contributed by atoms with Gasteiger partial charge < -0.3 is 0 Å². The molecule has 0 saturated heterocycles. The van der Waals surface area contributed by atoms with Crippen LogP contribution in [0, 0.1) is 17.6 Å². The first-order valence-corrected chi connectivity index (χ1v) is 4.25. The van der Waals surface area contributed by atoms with Crippen LogP contribution in [0.4, 0.5) is 0 Å². The van der Waals surface area contributed by atoms with Gasteiger partial charge in [0.05, 0.1) is 5.02 Å². The predicted octanol–water partition coefficient (Wildman–Crippen LogP) is 3.22. The molecule has 56 valence electrons. The standard InChI is InChI=1S/C8H6ClNS/c1-6-2-3-7(9)8(4-6)11-5-10/h2-4H,1H3. The Bertz CT molecular complexity index is 303. The number of halogens is 1. The summed E-state index contributed by atoms with van der Waals surface area (Å²) in [6.45, 7) is 1.97. The second kappa shape index (κ2) is 3.66. The van der Waals surface area contributed by atoms with E-state index in [9.17, 15) is 0 Å². The van der Waals surface area contributed by atoms with Crippen LogP contribution < -0.4 is 0 Å². The Morgan fingerprint density at radius 2 is 2.27 bits per heavy atom. The largest absolute Gasteiger partial charge is 0.185 e. The smallest absolute Gasteiger partial charge is 0.138 e. The lowest BCUT2D eigenvalue weighted by Gasteiger charge is -1.98. The van der Waals surface area contributed by atoms with Crippen molar-refractivity contribution in [3.8, 4) is 5.40 Å². The molecule has 0 bridgehead atoms. The zero-order chi connectivity index (χ0) is 8.27. The van der Waals surface area contributed by atoms with Gasteiger partial charge in [-0.2, -0.15) is 5.26 Å². The maximum atomic E-state index is 8.39. The molecule has 0 aromatic heterocycles. The van der Waals surface area contributed by atoms with Gasteiger partial charge in [-0.15, -0.1) is 0 Å². The van der Waals surface area contributed by atoms with E-state index in [2.05, 4.69) is 0 Å². The van der Waals surface area contributed by atoms with Crippen molar-refractivity contribution in [2.24, 2.45) is 0 Å². The van der Waals surface area contributed by atoms with Crippen LogP contribution in [-0.2, 0) is 0 Å². The molecule has 11 heavy (non-hydrogen) atoms. The van der Waals surface area contributed by atoms with Crippen LogP contribution >= 0.6 is 23.4 Å². The first kappa shape index (κ1) is 8.45. The minimum Gasteiger partial charge on any atom is -0.185 e. The molecule has 0 atom stereocenters. The summed E-state index contributed by atoms with van der Waals surface area (Å²) in [5.41, 5.74) is 1.12. The van der Waals surface area contributed by atoms with E-state index in [4.69, 9.17) is 16.9 Å². The SMILES string of the molecule is Cc1ccc(Cl)c(SC#N)c1. The van der Waals surface area contributed by atoms with E-state index < -0.39 is 0 Å². The fraction of sp³-hybridized carbons (Fsp3) is 0.125. The highest BCUT2D eigenvalue weighted by Crippen LogP contribution is 2.26. The summed E-state index contributed by atoms with van der Waals surface area (Å²) in [5.74, 6) is 0. The Morgan fingerprint density at radius 1 is 1.55 bits per heavy atom. The molecule has 0 heterocycles. The molecule has 1 nitrogen and oxygen atoms in total. The number of thioether (sulfide) groups is 1. The van der Waals surface area contributed by atoms with Gasteiger partial charge in [0.1, 0.15) is 5.40 Å². The van der Waals surface area contributed by atoms with Crippen molar-refractivity contribution in [1.29, 1.82) is 5.26 Å². The third-order valence-corrected chi connectivity index (χ3v) is 2.33. The molecule has 0 aliphatic rings. The van der Waals surface area contributed by atoms with Gasteiger partial charge in [-0.25, -0.2) is 0 Å². The van der Waals surface area contributed by atoms with E-state index >= 15 is 0 Å². The van der Waals surface area contributed by atoms with Crippen LogP contribution in [0.2, 0.25) is 5.02 Å². The molecular weight excluding hydrogens is 178 g/mol. The number of thiocyanates is 1. The summed E-state index contributed by atoms with van der Waals surface area (Å²) in [6.07, 6.45) is 0. The van der Waals surface area contributed by atoms with Gasteiger partial charge in [0, 0.05) is 4.90 Å². The van der Waals surface area contributed by atoms with Gasteiger partial charge in [0.15, 0.2) is 0 Å². The van der Waals surface area contributed by atoms with E-state index in [1.807, 2.05) is 24.5 Å². The molecule has 1 rings (SSSR count). The van der Waals surface area contributed by atoms with Crippen molar-refractivity contribution >= 4 is 23.4 Å². The molecule has 0 aliphatic carbocycles. The summed E-state index contributed by atoms with van der Waals surface area (Å²) in [4.78, 5) is 0.828. The molecule has 0 unspecified atom stereocenters. The molecule has 0 spiro atoms. The fourth-order valence-electron chi connectivity index (χ4n) is 0.738. The number of nitrogens with zero attached hydrogens (tertiary/aromatic N) is 1. The summed E-state index contributed by atoms with van der Waals surface area (Å²) >= 11 is 6.89. The topological polar surface area (TPSA) is 23.8 Å². The lowest BCUT2D eigenvalue weighted by atomic mass is 10.2. The van der Waals surface area contributed by atoms with E-state index in [0.717, 1.165) is 22.2 Å². The van der Waals surface area contributed by atoms with Gasteiger partial charge in [-0.05, 0) is 36.4 Å². The van der Waals surface area contributed by atoms with Gasteiger partial charge in [0.2, 0.25) is 0 Å². The number of rotatable bonds is 1. The third kappa shape index (κ3) is 2.14. The maximum absolute atomic E-state index is 8.39. The lowest BCUT2D eigenvalue weighted by Crippen LogP contribution is -1.75. The van der Waals surface area contributed by atoms with Crippen LogP contribution in [0.1, 0.15) is 5.56 Å². The molecule has 0 amide bonds. The highest BCUT2D eigenvalue weighted by atomic mass is 35.5. The average Bonchev–Trinajstić information content (AvgIpc) is 1.98. The first-order chi connectivity index (χ1) is 5.24. The van der Waals surface area contributed by atoms with Gasteiger partial charge in [0.25, 0.3) is 0 Å². The van der Waals surface area contributed by atoms with E-state index in [-0.39, 0.29) is 0 Å². The summed E-state index contributed by atoms with van der Waals surface area (Å²) in [6, 6.07) is 5.62. The average molecular weight is 184 g/mol. The third-order valence-electron chi connectivity index (χ3n) is 1.24. The van der Waals surface area contributed by atoms with Crippen LogP contribution in [0.3, 0.4) is 0 Å². The zero-order valence-electron chi connectivity index (χ0n) is 5.97. The Labute approximate surface area is 75.0 Å². The monoisotopic (exact) mass is 183 g/mol. The first-order valence-electron chi connectivity index (χ1n) is 3.06. The van der Waals surface area contributed by atoms with Crippen molar-refractivity contribution < 1.29 is 0 Å². The van der Waals surface area contributed by atoms with Crippen molar-refractivity contribution in [3.05, 3.63) is 28.8 Å². The highest BCUT2D eigenvalue weighted by molar-refractivity contribution is 8.03. The van der Waals surface area contributed by atoms with E-state index in [0.29, 0.717) is 5.02 Å². The van der Waals surface area contributed by atoms with Crippen molar-refractivity contribution in [2.75, 3.05) is 0 Å². The molecule has 0 saturated carbocycles. The Morgan fingerprint density at radius 3 is 2.91 bits per heavy atom. The van der Waals surface area contributed by atoms with Gasteiger partial charge in [-0.3, -0.25) is 0 Å². The normalized spacial score (nSPS) is 9.18. The lowest BCUT2D eigenvalue weighted by molar-refractivity contribution is 1.36. The Kier molecular flexibility index (Phi) is 2.81. The van der Waals surface area contributed by atoms with Crippen molar-refractivity contribution in [1.82, 2.24) is 0 Å². The van der Waals surface area contributed by atoms with E-state index in [1.165, 1.54) is 0 Å². The highest BCUT2D eigenvalue weighted by Gasteiger charge is 1.99. The summed E-state index contributed by atoms with van der Waals surface area (Å²) < 4.78 is 0. The van der Waals surface area contributed by atoms with Crippen LogP contribution in [0.5, 0.6) is 0 Å². The minimum atomic E-state index is 0.641. The fourth-order valence-corrected chi connectivity index (χ4v) is 1.48. The summed E-state index contributed by atoms with van der Waals surface area (Å²) in [7, 11) is 0. The van der Waals surface area contributed by atoms with Crippen molar-refractivity contribution in [2.45, 2.75) is 11.8 Å². The van der Waals surface area contributed by atoms with Crippen LogP contribution in [0.15, 0.2) is 23.1 Å². The van der Waals surface area contributed by atoms with Crippen molar-refractivity contribution in [3.63, 3.8) is 0 Å². The molecule has 1 aromatic carbocycles. The number of aryl methyl sites for hydroxylation is 1. The molecule has 1 aromatic rings. The molecule has 3 heteroatoms. The molecule has 0 fully saturated rings. The molecular formula is C8H6ClNS. The quantitative estimate of drug-likeness (QED) is 0.493. The predicted molar refractivity (Wildman–Crippen MR) is 47.7 cm³/mol. The number of hydrogen-bond donors (Lipinski definition) is 0. The second-order valence-corrected chi connectivity index (χ2v) is 3.36. The number of hydrogen-bond acceptors (Lipinski definition) is 2. The second-order valence-electron chi connectivity index (χ2n) is 2.13. The summed E-state index contributed by atoms with van der Waals surface area (Å²) in [5, 5.41) is 11.0. The van der Waals surface area contributed by atoms with Gasteiger partial charge >= 0.3 is 0 Å². The Balaban J connectivity index is 3.05. The van der Waals surface area contributed by atoms with Crippen LogP contribution in [-0.4, -0.2) is 0 Å². The number of benzene rings is 1. The molecule has 0 radical (unpaired) electrons. The molecule has 0 aliphatic heterocycles. The van der Waals surface area contributed by atoms with Gasteiger partial charge in [-0.1, -0.05) is 17.7 Å². The molecule has 0 N–H and O–H groups in total. The minimum absolute atomic E-state index is 0.641. The maximum Gasteiger partial charge on any atom is 0.138 e. The van der Waals surface area contributed by atoms with Crippen LogP contribution in [0.25, 0.3) is 0 Å². The number of nitriles is 1.